The number of carbonyl (C=O) groups is 1. The van der Waals surface area contributed by atoms with Crippen LogP contribution < -0.4 is 0 Å². The minimum atomic E-state index is -0.644. The Balaban J connectivity index is 1.72. The second-order valence-corrected chi connectivity index (χ2v) is 5.10. The van der Waals surface area contributed by atoms with Crippen LogP contribution in [0.15, 0.2) is 53.2 Å². The van der Waals surface area contributed by atoms with Gasteiger partial charge in [-0.25, -0.2) is 4.79 Å². The van der Waals surface area contributed by atoms with Crippen molar-refractivity contribution < 1.29 is 13.9 Å². The maximum atomic E-state index is 12.0. The summed E-state index contributed by atoms with van der Waals surface area (Å²) in [5.74, 6) is 0.155. The highest BCUT2D eigenvalue weighted by Crippen LogP contribution is 2.23. The highest BCUT2D eigenvalue weighted by atomic mass is 16.6. The summed E-state index contributed by atoms with van der Waals surface area (Å²) in [7, 11) is 0. The van der Waals surface area contributed by atoms with Crippen LogP contribution in [0.1, 0.15) is 34.8 Å². The molecule has 6 nitrogen and oxygen atoms in total. The van der Waals surface area contributed by atoms with Gasteiger partial charge in [0, 0.05) is 18.0 Å². The van der Waals surface area contributed by atoms with E-state index in [-0.39, 0.29) is 5.89 Å². The summed E-state index contributed by atoms with van der Waals surface area (Å²) in [6, 6.07) is 11.0. The van der Waals surface area contributed by atoms with Gasteiger partial charge >= 0.3 is 5.97 Å². The molecule has 0 saturated carbocycles. The molecule has 0 aliphatic heterocycles. The van der Waals surface area contributed by atoms with E-state index in [2.05, 4.69) is 15.2 Å². The van der Waals surface area contributed by atoms with Gasteiger partial charge in [-0.2, -0.15) is 0 Å². The molecule has 116 valence electrons. The summed E-state index contributed by atoms with van der Waals surface area (Å²) in [6.45, 7) is 3.68. The van der Waals surface area contributed by atoms with Crippen molar-refractivity contribution in [2.45, 2.75) is 20.0 Å². The molecule has 0 saturated heterocycles. The van der Waals surface area contributed by atoms with Crippen LogP contribution in [-0.4, -0.2) is 21.2 Å². The van der Waals surface area contributed by atoms with E-state index >= 15 is 0 Å². The third kappa shape index (κ3) is 3.42. The number of aromatic nitrogens is 3. The first-order valence-corrected chi connectivity index (χ1v) is 7.15. The van der Waals surface area contributed by atoms with Crippen molar-refractivity contribution in [2.24, 2.45) is 0 Å². The van der Waals surface area contributed by atoms with E-state index in [1.807, 2.05) is 31.2 Å². The van der Waals surface area contributed by atoms with Crippen LogP contribution >= 0.6 is 0 Å². The molecule has 0 aliphatic rings. The number of rotatable bonds is 4. The molecule has 0 aliphatic carbocycles. The minimum absolute atomic E-state index is 0.248. The molecule has 2 heterocycles. The Labute approximate surface area is 133 Å². The Morgan fingerprint density at radius 3 is 2.65 bits per heavy atom. The van der Waals surface area contributed by atoms with Crippen LogP contribution in [0.5, 0.6) is 0 Å². The Morgan fingerprint density at radius 2 is 1.96 bits per heavy atom. The van der Waals surface area contributed by atoms with Gasteiger partial charge in [-0.1, -0.05) is 17.7 Å². The Hall–Kier alpha value is -3.02. The summed E-state index contributed by atoms with van der Waals surface area (Å²) >= 11 is 0. The van der Waals surface area contributed by atoms with Gasteiger partial charge in [0.1, 0.15) is 0 Å². The summed E-state index contributed by atoms with van der Waals surface area (Å²) < 4.78 is 10.9. The summed E-state index contributed by atoms with van der Waals surface area (Å²) in [5.41, 5.74) is 2.34. The number of hydrogen-bond acceptors (Lipinski definition) is 6. The maximum Gasteiger partial charge on any atom is 0.340 e. The van der Waals surface area contributed by atoms with E-state index in [4.69, 9.17) is 9.15 Å². The monoisotopic (exact) mass is 309 g/mol. The van der Waals surface area contributed by atoms with E-state index in [0.29, 0.717) is 11.5 Å². The molecule has 6 heteroatoms. The lowest BCUT2D eigenvalue weighted by molar-refractivity contribution is 0.0279. The highest BCUT2D eigenvalue weighted by molar-refractivity contribution is 5.89. The van der Waals surface area contributed by atoms with Crippen molar-refractivity contribution in [3.05, 3.63) is 65.8 Å². The van der Waals surface area contributed by atoms with Gasteiger partial charge in [-0.15, -0.1) is 10.2 Å². The molecule has 2 aromatic heterocycles. The molecule has 3 rings (SSSR count). The van der Waals surface area contributed by atoms with Crippen LogP contribution in [0.25, 0.3) is 11.5 Å². The molecule has 3 aromatic rings. The van der Waals surface area contributed by atoms with Gasteiger partial charge in [-0.3, -0.25) is 4.98 Å². The van der Waals surface area contributed by atoms with Crippen LogP contribution in [0.4, 0.5) is 0 Å². The lowest BCUT2D eigenvalue weighted by Crippen LogP contribution is -2.09. The first kappa shape index (κ1) is 14.9. The number of esters is 1. The maximum absolute atomic E-state index is 12.0. The van der Waals surface area contributed by atoms with E-state index in [1.165, 1.54) is 6.20 Å². The molecule has 0 fully saturated rings. The first-order chi connectivity index (χ1) is 11.1. The Bertz CT molecular complexity index is 797. The van der Waals surface area contributed by atoms with Crippen molar-refractivity contribution in [2.75, 3.05) is 0 Å². The average molecular weight is 309 g/mol. The molecule has 1 aromatic carbocycles. The number of carbonyl (C=O) groups excluding carboxylic acids is 1. The van der Waals surface area contributed by atoms with Crippen molar-refractivity contribution in [3.63, 3.8) is 0 Å². The van der Waals surface area contributed by atoms with Crippen LogP contribution in [0, 0.1) is 6.92 Å². The zero-order chi connectivity index (χ0) is 16.2. The van der Waals surface area contributed by atoms with E-state index in [9.17, 15) is 4.79 Å². The summed E-state index contributed by atoms with van der Waals surface area (Å²) in [5, 5.41) is 7.95. The molecule has 0 bridgehead atoms. The molecule has 23 heavy (non-hydrogen) atoms. The molecule has 0 N–H and O–H groups in total. The molecular formula is C17H15N3O3. The van der Waals surface area contributed by atoms with Gasteiger partial charge < -0.3 is 9.15 Å². The molecule has 0 amide bonds. The van der Waals surface area contributed by atoms with E-state index in [0.717, 1.165) is 11.1 Å². The fourth-order valence-corrected chi connectivity index (χ4v) is 1.97. The smallest absolute Gasteiger partial charge is 0.340 e. The van der Waals surface area contributed by atoms with Gasteiger partial charge in [0.2, 0.25) is 5.89 Å². The fraction of sp³-hybridized carbons (Fsp3) is 0.176. The molecule has 1 unspecified atom stereocenters. The lowest BCUT2D eigenvalue weighted by Gasteiger charge is -2.08. The van der Waals surface area contributed by atoms with Crippen LogP contribution in [0.2, 0.25) is 0 Å². The third-order valence-electron chi connectivity index (χ3n) is 3.27. The largest absolute Gasteiger partial charge is 0.449 e. The molecule has 1 atom stereocenters. The van der Waals surface area contributed by atoms with E-state index < -0.39 is 12.1 Å². The normalized spacial score (nSPS) is 11.9. The summed E-state index contributed by atoms with van der Waals surface area (Å²) in [6.07, 6.45) is 2.39. The molecule has 0 spiro atoms. The van der Waals surface area contributed by atoms with Gasteiger partial charge in [0.05, 0.1) is 5.56 Å². The number of benzene rings is 1. The number of hydrogen-bond donors (Lipinski definition) is 0. The van der Waals surface area contributed by atoms with Gasteiger partial charge in [0.25, 0.3) is 5.89 Å². The van der Waals surface area contributed by atoms with Crippen LogP contribution in [-0.2, 0) is 4.74 Å². The zero-order valence-corrected chi connectivity index (χ0v) is 12.8. The lowest BCUT2D eigenvalue weighted by atomic mass is 10.1. The Morgan fingerprint density at radius 1 is 1.17 bits per heavy atom. The van der Waals surface area contributed by atoms with Crippen molar-refractivity contribution in [1.82, 2.24) is 15.2 Å². The number of aryl methyl sites for hydroxylation is 1. The first-order valence-electron chi connectivity index (χ1n) is 7.15. The van der Waals surface area contributed by atoms with Gasteiger partial charge in [-0.05, 0) is 38.1 Å². The van der Waals surface area contributed by atoms with Crippen LogP contribution in [0.3, 0.4) is 0 Å². The third-order valence-corrected chi connectivity index (χ3v) is 3.27. The van der Waals surface area contributed by atoms with Crippen molar-refractivity contribution in [1.29, 1.82) is 0 Å². The van der Waals surface area contributed by atoms with E-state index in [1.54, 1.807) is 25.3 Å². The SMILES string of the molecule is Cc1ccc(-c2nnc(C(C)OC(=O)c3cccnc3)o2)cc1. The quantitative estimate of drug-likeness (QED) is 0.688. The molecular weight excluding hydrogens is 294 g/mol. The van der Waals surface area contributed by atoms with Gasteiger partial charge in [0.15, 0.2) is 6.10 Å². The molecule has 0 radical (unpaired) electrons. The number of ether oxygens (including phenoxy) is 1. The number of pyridine rings is 1. The Kier molecular flexibility index (Phi) is 4.14. The predicted molar refractivity (Wildman–Crippen MR) is 82.5 cm³/mol. The second-order valence-electron chi connectivity index (χ2n) is 5.10. The topological polar surface area (TPSA) is 78.1 Å². The average Bonchev–Trinajstić information content (AvgIpc) is 3.06. The highest BCUT2D eigenvalue weighted by Gasteiger charge is 2.20. The van der Waals surface area contributed by atoms with Crippen molar-refractivity contribution in [3.8, 4) is 11.5 Å². The standard InChI is InChI=1S/C17H15N3O3/c1-11-5-7-13(8-6-11)16-20-19-15(23-16)12(2)22-17(21)14-4-3-9-18-10-14/h3-10,12H,1-2H3. The minimum Gasteiger partial charge on any atom is -0.449 e. The number of nitrogens with zero attached hydrogens (tertiary/aromatic N) is 3. The summed E-state index contributed by atoms with van der Waals surface area (Å²) in [4.78, 5) is 15.9. The zero-order valence-electron chi connectivity index (χ0n) is 12.8. The second kappa shape index (κ2) is 6.39. The predicted octanol–water partition coefficient (Wildman–Crippen LogP) is 3.36. The van der Waals surface area contributed by atoms with Crippen molar-refractivity contribution >= 4 is 5.97 Å². The fourth-order valence-electron chi connectivity index (χ4n) is 1.97.